The summed E-state index contributed by atoms with van der Waals surface area (Å²) in [6, 6.07) is 10.3. The van der Waals surface area contributed by atoms with Gasteiger partial charge in [0.1, 0.15) is 0 Å². The topological polar surface area (TPSA) is 46.9 Å². The normalized spacial score (nSPS) is 10.6. The zero-order valence-corrected chi connectivity index (χ0v) is 13.0. The number of nitrogens with one attached hydrogen (secondary N) is 1. The highest BCUT2D eigenvalue weighted by atomic mass is 16.1. The molecule has 0 spiro atoms. The summed E-state index contributed by atoms with van der Waals surface area (Å²) in [7, 11) is 0. The number of hydrogen-bond donors (Lipinski definition) is 1. The Morgan fingerprint density at radius 2 is 1.95 bits per heavy atom. The number of hydrogen-bond acceptors (Lipinski definition) is 2. The third kappa shape index (κ3) is 4.18. The lowest BCUT2D eigenvalue weighted by Gasteiger charge is -2.07. The molecule has 1 N–H and O–H groups in total. The first-order valence-electron chi connectivity index (χ1n) is 7.49. The summed E-state index contributed by atoms with van der Waals surface area (Å²) in [4.78, 5) is 11.6. The van der Waals surface area contributed by atoms with Crippen molar-refractivity contribution in [2.75, 3.05) is 6.54 Å². The quantitative estimate of drug-likeness (QED) is 0.887. The Bertz CT molecular complexity index is 599. The van der Waals surface area contributed by atoms with Crippen molar-refractivity contribution < 1.29 is 4.79 Å². The van der Waals surface area contributed by atoms with E-state index < -0.39 is 0 Å². The van der Waals surface area contributed by atoms with Crippen molar-refractivity contribution in [3.63, 3.8) is 0 Å². The van der Waals surface area contributed by atoms with Crippen LogP contribution in [-0.2, 0) is 11.2 Å². The van der Waals surface area contributed by atoms with E-state index in [-0.39, 0.29) is 5.91 Å². The molecule has 0 unspecified atom stereocenters. The van der Waals surface area contributed by atoms with Gasteiger partial charge in [-0.3, -0.25) is 4.79 Å². The van der Waals surface area contributed by atoms with Crippen molar-refractivity contribution >= 4 is 5.91 Å². The van der Waals surface area contributed by atoms with Crippen molar-refractivity contribution in [3.8, 4) is 5.69 Å². The predicted octanol–water partition coefficient (Wildman–Crippen LogP) is 2.95. The van der Waals surface area contributed by atoms with Crippen LogP contribution in [0.15, 0.2) is 30.3 Å². The number of aromatic nitrogens is 2. The van der Waals surface area contributed by atoms with Crippen molar-refractivity contribution in [1.82, 2.24) is 15.1 Å². The van der Waals surface area contributed by atoms with E-state index in [1.54, 1.807) is 0 Å². The SMILES string of the molecule is CCCNC(=O)CCc1ccc(-n2nc(C)cc2C)cc1. The third-order valence-electron chi connectivity index (χ3n) is 3.40. The zero-order chi connectivity index (χ0) is 15.2. The van der Waals surface area contributed by atoms with Crippen molar-refractivity contribution in [2.45, 2.75) is 40.0 Å². The van der Waals surface area contributed by atoms with E-state index in [4.69, 9.17) is 0 Å². The van der Waals surface area contributed by atoms with Gasteiger partial charge < -0.3 is 5.32 Å². The van der Waals surface area contributed by atoms with Crippen molar-refractivity contribution in [3.05, 3.63) is 47.3 Å². The van der Waals surface area contributed by atoms with E-state index in [1.807, 2.05) is 18.5 Å². The Morgan fingerprint density at radius 1 is 1.24 bits per heavy atom. The smallest absolute Gasteiger partial charge is 0.220 e. The van der Waals surface area contributed by atoms with Crippen LogP contribution in [0.1, 0.15) is 36.7 Å². The fraction of sp³-hybridized carbons (Fsp3) is 0.412. The molecular weight excluding hydrogens is 262 g/mol. The second-order valence-corrected chi connectivity index (χ2v) is 5.36. The highest BCUT2D eigenvalue weighted by molar-refractivity contribution is 5.76. The minimum Gasteiger partial charge on any atom is -0.356 e. The van der Waals surface area contributed by atoms with Gasteiger partial charge in [-0.15, -0.1) is 0 Å². The molecule has 0 aliphatic heterocycles. The minimum absolute atomic E-state index is 0.125. The fourth-order valence-electron chi connectivity index (χ4n) is 2.30. The molecule has 2 aromatic rings. The maximum Gasteiger partial charge on any atom is 0.220 e. The van der Waals surface area contributed by atoms with Gasteiger partial charge in [0.25, 0.3) is 0 Å². The van der Waals surface area contributed by atoms with E-state index >= 15 is 0 Å². The molecular formula is C17H23N3O. The molecule has 1 aromatic carbocycles. The third-order valence-corrected chi connectivity index (χ3v) is 3.40. The van der Waals surface area contributed by atoms with Crippen LogP contribution >= 0.6 is 0 Å². The predicted molar refractivity (Wildman–Crippen MR) is 84.7 cm³/mol. The number of rotatable bonds is 6. The average molecular weight is 285 g/mol. The first-order chi connectivity index (χ1) is 10.1. The Kier molecular flexibility index (Phi) is 5.14. The molecule has 0 bridgehead atoms. The molecule has 21 heavy (non-hydrogen) atoms. The molecule has 0 radical (unpaired) electrons. The summed E-state index contributed by atoms with van der Waals surface area (Å²) < 4.78 is 1.94. The van der Waals surface area contributed by atoms with E-state index in [1.165, 1.54) is 5.56 Å². The molecule has 4 nitrogen and oxygen atoms in total. The summed E-state index contributed by atoms with van der Waals surface area (Å²) in [5.41, 5.74) is 4.37. The van der Waals surface area contributed by atoms with Crippen LogP contribution in [-0.4, -0.2) is 22.2 Å². The summed E-state index contributed by atoms with van der Waals surface area (Å²) in [5, 5.41) is 7.37. The van der Waals surface area contributed by atoms with E-state index in [9.17, 15) is 4.79 Å². The first-order valence-corrected chi connectivity index (χ1v) is 7.49. The molecule has 0 atom stereocenters. The molecule has 0 saturated carbocycles. The first kappa shape index (κ1) is 15.3. The van der Waals surface area contributed by atoms with Gasteiger partial charge >= 0.3 is 0 Å². The van der Waals surface area contributed by atoms with Crippen molar-refractivity contribution in [1.29, 1.82) is 0 Å². The van der Waals surface area contributed by atoms with Gasteiger partial charge in [0.15, 0.2) is 0 Å². The van der Waals surface area contributed by atoms with Crippen LogP contribution in [0, 0.1) is 13.8 Å². The highest BCUT2D eigenvalue weighted by Gasteiger charge is 2.05. The molecule has 1 heterocycles. The zero-order valence-electron chi connectivity index (χ0n) is 13.0. The lowest BCUT2D eigenvalue weighted by atomic mass is 10.1. The molecule has 0 aliphatic rings. The summed E-state index contributed by atoms with van der Waals surface area (Å²) >= 11 is 0. The molecule has 1 aromatic heterocycles. The largest absolute Gasteiger partial charge is 0.356 e. The van der Waals surface area contributed by atoms with Gasteiger partial charge in [0.2, 0.25) is 5.91 Å². The Morgan fingerprint density at radius 3 is 2.52 bits per heavy atom. The Labute approximate surface area is 126 Å². The lowest BCUT2D eigenvalue weighted by Crippen LogP contribution is -2.24. The van der Waals surface area contributed by atoms with Gasteiger partial charge in [-0.05, 0) is 50.5 Å². The van der Waals surface area contributed by atoms with Crippen LogP contribution in [0.5, 0.6) is 0 Å². The van der Waals surface area contributed by atoms with E-state index in [0.29, 0.717) is 6.42 Å². The van der Waals surface area contributed by atoms with Crippen molar-refractivity contribution in [2.24, 2.45) is 0 Å². The van der Waals surface area contributed by atoms with Crippen LogP contribution in [0.25, 0.3) is 5.69 Å². The van der Waals surface area contributed by atoms with Gasteiger partial charge in [-0.25, -0.2) is 4.68 Å². The number of carbonyl (C=O) groups excluding carboxylic acids is 1. The number of amides is 1. The summed E-state index contributed by atoms with van der Waals surface area (Å²) in [6.07, 6.45) is 2.29. The minimum atomic E-state index is 0.125. The van der Waals surface area contributed by atoms with E-state index in [2.05, 4.69) is 47.7 Å². The Balaban J connectivity index is 1.96. The van der Waals surface area contributed by atoms with Crippen LogP contribution < -0.4 is 5.32 Å². The monoisotopic (exact) mass is 285 g/mol. The van der Waals surface area contributed by atoms with Gasteiger partial charge in [0, 0.05) is 18.7 Å². The van der Waals surface area contributed by atoms with Gasteiger partial charge in [-0.1, -0.05) is 19.1 Å². The average Bonchev–Trinajstić information content (AvgIpc) is 2.82. The second kappa shape index (κ2) is 7.07. The number of carbonyl (C=O) groups is 1. The van der Waals surface area contributed by atoms with E-state index in [0.717, 1.165) is 36.5 Å². The molecule has 2 rings (SSSR count). The number of benzene rings is 1. The molecule has 4 heteroatoms. The van der Waals surface area contributed by atoms with Gasteiger partial charge in [-0.2, -0.15) is 5.10 Å². The van der Waals surface area contributed by atoms with Crippen LogP contribution in [0.3, 0.4) is 0 Å². The summed E-state index contributed by atoms with van der Waals surface area (Å²) in [5.74, 6) is 0.125. The van der Waals surface area contributed by atoms with Gasteiger partial charge in [0.05, 0.1) is 11.4 Å². The van der Waals surface area contributed by atoms with Crippen LogP contribution in [0.4, 0.5) is 0 Å². The molecule has 0 aliphatic carbocycles. The Hall–Kier alpha value is -2.10. The fourth-order valence-corrected chi connectivity index (χ4v) is 2.30. The molecule has 0 fully saturated rings. The number of aryl methyl sites for hydroxylation is 3. The maximum atomic E-state index is 11.6. The molecule has 1 amide bonds. The van der Waals surface area contributed by atoms with Crippen LogP contribution in [0.2, 0.25) is 0 Å². The number of nitrogens with zero attached hydrogens (tertiary/aromatic N) is 2. The molecule has 0 saturated heterocycles. The lowest BCUT2D eigenvalue weighted by molar-refractivity contribution is -0.121. The summed E-state index contributed by atoms with van der Waals surface area (Å²) in [6.45, 7) is 6.85. The second-order valence-electron chi connectivity index (χ2n) is 5.36. The highest BCUT2D eigenvalue weighted by Crippen LogP contribution is 2.13. The molecule has 112 valence electrons. The standard InChI is InChI=1S/C17H23N3O/c1-4-11-18-17(21)10-7-15-5-8-16(9-6-15)20-14(3)12-13(2)19-20/h5-6,8-9,12H,4,7,10-11H2,1-3H3,(H,18,21). The maximum absolute atomic E-state index is 11.6.